The normalized spacial score (nSPS) is 23.0. The number of nitrogens with two attached hydrogens (primary N) is 1. The van der Waals surface area contributed by atoms with Gasteiger partial charge >= 0.3 is 0 Å². The Balaban J connectivity index is 1.77. The third-order valence-corrected chi connectivity index (χ3v) is 4.12. The molecule has 0 saturated heterocycles. The molecule has 1 heterocycles. The number of nitrogens with one attached hydrogen (secondary N) is 2. The van der Waals surface area contributed by atoms with Crippen LogP contribution in [0.4, 0.5) is 11.4 Å². The number of ether oxygens (including phenoxy) is 1. The molecule has 1 saturated carbocycles. The average Bonchev–Trinajstić information content (AvgIpc) is 2.89. The minimum absolute atomic E-state index is 0.170. The van der Waals surface area contributed by atoms with E-state index in [9.17, 15) is 9.59 Å². The summed E-state index contributed by atoms with van der Waals surface area (Å²) >= 11 is 0. The van der Waals surface area contributed by atoms with Crippen LogP contribution in [0.15, 0.2) is 18.2 Å². The van der Waals surface area contributed by atoms with Crippen molar-refractivity contribution >= 4 is 23.2 Å². The lowest BCUT2D eigenvalue weighted by Gasteiger charge is -2.25. The monoisotopic (exact) mass is 289 g/mol. The summed E-state index contributed by atoms with van der Waals surface area (Å²) in [5, 5.41) is 5.59. The van der Waals surface area contributed by atoms with Crippen LogP contribution < -0.4 is 21.1 Å². The molecule has 1 aliphatic heterocycles. The van der Waals surface area contributed by atoms with Gasteiger partial charge in [-0.25, -0.2) is 0 Å². The summed E-state index contributed by atoms with van der Waals surface area (Å²) < 4.78 is 5.47. The number of fused-ring (bicyclic) bond motifs is 1. The van der Waals surface area contributed by atoms with E-state index in [1.54, 1.807) is 25.1 Å². The first-order valence-electron chi connectivity index (χ1n) is 7.20. The van der Waals surface area contributed by atoms with E-state index in [1.807, 2.05) is 0 Å². The molecule has 1 fully saturated rings. The van der Waals surface area contributed by atoms with Gasteiger partial charge in [-0.15, -0.1) is 0 Å². The molecule has 4 N–H and O–H groups in total. The van der Waals surface area contributed by atoms with Crippen LogP contribution in [-0.4, -0.2) is 23.5 Å². The Hall–Kier alpha value is -2.08. The van der Waals surface area contributed by atoms with Crippen LogP contribution in [0.1, 0.15) is 32.6 Å². The predicted molar refractivity (Wildman–Crippen MR) is 79.2 cm³/mol. The van der Waals surface area contributed by atoms with Gasteiger partial charge in [0, 0.05) is 5.69 Å². The van der Waals surface area contributed by atoms with Gasteiger partial charge in [-0.1, -0.05) is 12.8 Å². The molecule has 0 aromatic heterocycles. The molecule has 0 bridgehead atoms. The predicted octanol–water partition coefficient (Wildman–Crippen LogP) is 1.62. The first kappa shape index (κ1) is 13.9. The van der Waals surface area contributed by atoms with E-state index in [-0.39, 0.29) is 11.8 Å². The molecule has 1 aliphatic carbocycles. The van der Waals surface area contributed by atoms with Crippen LogP contribution in [0.25, 0.3) is 0 Å². The fourth-order valence-electron chi connectivity index (χ4n) is 2.78. The van der Waals surface area contributed by atoms with E-state index < -0.39 is 11.6 Å². The SMILES string of the molecule is CC1Oc2ccc(NC(=O)C3(N)CCCC3)cc2NC1=O. The Morgan fingerprint density at radius 2 is 2.14 bits per heavy atom. The van der Waals surface area contributed by atoms with Gasteiger partial charge in [-0.05, 0) is 38.0 Å². The smallest absolute Gasteiger partial charge is 0.265 e. The highest BCUT2D eigenvalue weighted by Crippen LogP contribution is 2.33. The molecule has 2 amide bonds. The molecule has 6 heteroatoms. The summed E-state index contributed by atoms with van der Waals surface area (Å²) in [4.78, 5) is 23.9. The van der Waals surface area contributed by atoms with Crippen molar-refractivity contribution in [3.8, 4) is 5.75 Å². The second-order valence-electron chi connectivity index (χ2n) is 5.78. The van der Waals surface area contributed by atoms with Gasteiger partial charge in [-0.2, -0.15) is 0 Å². The number of amides is 2. The van der Waals surface area contributed by atoms with Gasteiger partial charge in [0.1, 0.15) is 5.75 Å². The fourth-order valence-corrected chi connectivity index (χ4v) is 2.78. The summed E-state index contributed by atoms with van der Waals surface area (Å²) in [6.45, 7) is 1.69. The van der Waals surface area contributed by atoms with Gasteiger partial charge in [0.15, 0.2) is 6.10 Å². The van der Waals surface area contributed by atoms with Crippen LogP contribution in [-0.2, 0) is 9.59 Å². The molecule has 1 unspecified atom stereocenters. The zero-order valence-corrected chi connectivity index (χ0v) is 11.9. The van der Waals surface area contributed by atoms with E-state index >= 15 is 0 Å². The summed E-state index contributed by atoms with van der Waals surface area (Å²) in [7, 11) is 0. The van der Waals surface area contributed by atoms with Crippen molar-refractivity contribution < 1.29 is 14.3 Å². The molecule has 112 valence electrons. The van der Waals surface area contributed by atoms with Crippen molar-refractivity contribution in [2.45, 2.75) is 44.2 Å². The summed E-state index contributed by atoms with van der Waals surface area (Å²) in [5.74, 6) is 0.233. The van der Waals surface area contributed by atoms with Gasteiger partial charge in [0.25, 0.3) is 5.91 Å². The maximum atomic E-state index is 12.3. The van der Waals surface area contributed by atoms with Crippen LogP contribution in [0.3, 0.4) is 0 Å². The quantitative estimate of drug-likeness (QED) is 0.771. The van der Waals surface area contributed by atoms with E-state index in [1.165, 1.54) is 0 Å². The minimum atomic E-state index is -0.774. The highest BCUT2D eigenvalue weighted by molar-refractivity contribution is 6.01. The van der Waals surface area contributed by atoms with Crippen LogP contribution in [0.5, 0.6) is 5.75 Å². The van der Waals surface area contributed by atoms with Crippen molar-refractivity contribution in [2.24, 2.45) is 5.73 Å². The largest absolute Gasteiger partial charge is 0.479 e. The van der Waals surface area contributed by atoms with Gasteiger partial charge in [0.05, 0.1) is 11.2 Å². The number of benzene rings is 1. The number of hydrogen-bond donors (Lipinski definition) is 3. The molecule has 2 aliphatic rings. The zero-order chi connectivity index (χ0) is 15.0. The summed E-state index contributed by atoms with van der Waals surface area (Å²) in [6.07, 6.45) is 2.87. The average molecular weight is 289 g/mol. The molecule has 1 aromatic carbocycles. The number of carbonyl (C=O) groups is 2. The molecule has 0 spiro atoms. The molecule has 6 nitrogen and oxygen atoms in total. The fraction of sp³-hybridized carbons (Fsp3) is 0.467. The van der Waals surface area contributed by atoms with Crippen molar-refractivity contribution in [2.75, 3.05) is 10.6 Å². The molecular formula is C15H19N3O3. The lowest BCUT2D eigenvalue weighted by atomic mass is 9.98. The lowest BCUT2D eigenvalue weighted by molar-refractivity contribution is -0.122. The third-order valence-electron chi connectivity index (χ3n) is 4.12. The van der Waals surface area contributed by atoms with Gasteiger partial charge in [-0.3, -0.25) is 9.59 Å². The molecule has 0 radical (unpaired) electrons. The molecule has 3 rings (SSSR count). The number of rotatable bonds is 2. The zero-order valence-electron chi connectivity index (χ0n) is 11.9. The topological polar surface area (TPSA) is 93.4 Å². The molecule has 1 atom stereocenters. The Bertz CT molecular complexity index is 594. The second-order valence-corrected chi connectivity index (χ2v) is 5.78. The Kier molecular flexibility index (Phi) is 3.33. The Morgan fingerprint density at radius 1 is 1.43 bits per heavy atom. The first-order chi connectivity index (χ1) is 9.98. The van der Waals surface area contributed by atoms with Crippen LogP contribution in [0, 0.1) is 0 Å². The van der Waals surface area contributed by atoms with Crippen molar-refractivity contribution in [3.63, 3.8) is 0 Å². The molecule has 21 heavy (non-hydrogen) atoms. The number of hydrogen-bond acceptors (Lipinski definition) is 4. The third kappa shape index (κ3) is 2.58. The van der Waals surface area contributed by atoms with E-state index in [0.717, 1.165) is 12.8 Å². The number of carbonyl (C=O) groups excluding carboxylic acids is 2. The molecule has 1 aromatic rings. The van der Waals surface area contributed by atoms with Crippen LogP contribution >= 0.6 is 0 Å². The summed E-state index contributed by atoms with van der Waals surface area (Å²) in [6, 6.07) is 5.17. The van der Waals surface area contributed by atoms with E-state index in [2.05, 4.69) is 10.6 Å². The highest BCUT2D eigenvalue weighted by atomic mass is 16.5. The van der Waals surface area contributed by atoms with E-state index in [4.69, 9.17) is 10.5 Å². The van der Waals surface area contributed by atoms with Crippen molar-refractivity contribution in [1.29, 1.82) is 0 Å². The van der Waals surface area contributed by atoms with Crippen molar-refractivity contribution in [3.05, 3.63) is 18.2 Å². The highest BCUT2D eigenvalue weighted by Gasteiger charge is 2.37. The standard InChI is InChI=1S/C15H19N3O3/c1-9-13(19)18-11-8-10(4-5-12(11)21-9)17-14(20)15(16)6-2-3-7-15/h4-5,8-9H,2-3,6-7,16H2,1H3,(H,17,20)(H,18,19). The minimum Gasteiger partial charge on any atom is -0.479 e. The summed E-state index contributed by atoms with van der Waals surface area (Å²) in [5.41, 5.74) is 6.52. The number of anilines is 2. The Labute approximate surface area is 123 Å². The van der Waals surface area contributed by atoms with Gasteiger partial charge in [0.2, 0.25) is 5.91 Å². The second kappa shape index (κ2) is 5.04. The molecular weight excluding hydrogens is 270 g/mol. The first-order valence-corrected chi connectivity index (χ1v) is 7.20. The Morgan fingerprint density at radius 3 is 2.86 bits per heavy atom. The van der Waals surface area contributed by atoms with Gasteiger partial charge < -0.3 is 21.1 Å². The van der Waals surface area contributed by atoms with Crippen LogP contribution in [0.2, 0.25) is 0 Å². The van der Waals surface area contributed by atoms with E-state index in [0.29, 0.717) is 30.0 Å². The maximum absolute atomic E-state index is 12.3. The lowest BCUT2D eigenvalue weighted by Crippen LogP contribution is -2.48. The van der Waals surface area contributed by atoms with Crippen molar-refractivity contribution in [1.82, 2.24) is 0 Å². The maximum Gasteiger partial charge on any atom is 0.265 e.